The Balaban J connectivity index is 2.03. The summed E-state index contributed by atoms with van der Waals surface area (Å²) in [6.07, 6.45) is 0.364. The molecule has 1 aliphatic rings. The highest BCUT2D eigenvalue weighted by molar-refractivity contribution is 5.94. The Bertz CT molecular complexity index is 456. The largest absolute Gasteiger partial charge is 0.494 e. The zero-order valence-corrected chi connectivity index (χ0v) is 11.0. The van der Waals surface area contributed by atoms with Gasteiger partial charge >= 0.3 is 0 Å². The van der Waals surface area contributed by atoms with E-state index in [-0.39, 0.29) is 11.8 Å². The first-order valence-electron chi connectivity index (χ1n) is 6.49. The van der Waals surface area contributed by atoms with Gasteiger partial charge in [0.25, 0.3) is 5.91 Å². The van der Waals surface area contributed by atoms with Gasteiger partial charge in [0.2, 0.25) is 5.91 Å². The molecule has 0 saturated carbocycles. The van der Waals surface area contributed by atoms with E-state index in [0.29, 0.717) is 38.2 Å². The molecule has 0 atom stereocenters. The summed E-state index contributed by atoms with van der Waals surface area (Å²) in [6, 6.07) is 7.09. The molecule has 2 rings (SSSR count). The predicted molar refractivity (Wildman–Crippen MR) is 71.1 cm³/mol. The normalized spacial score (nSPS) is 15.6. The second-order valence-electron chi connectivity index (χ2n) is 4.35. The van der Waals surface area contributed by atoms with Gasteiger partial charge in [-0.05, 0) is 31.2 Å². The third-order valence-electron chi connectivity index (χ3n) is 3.01. The minimum absolute atomic E-state index is 0.00185. The van der Waals surface area contributed by atoms with Crippen LogP contribution in [0.15, 0.2) is 24.3 Å². The summed E-state index contributed by atoms with van der Waals surface area (Å²) in [5, 5.41) is 2.75. The van der Waals surface area contributed by atoms with E-state index < -0.39 is 0 Å². The highest BCUT2D eigenvalue weighted by atomic mass is 16.5. The molecular formula is C14H18N2O3. The molecule has 0 aromatic heterocycles. The van der Waals surface area contributed by atoms with E-state index in [1.807, 2.05) is 6.92 Å². The number of amides is 2. The van der Waals surface area contributed by atoms with Gasteiger partial charge in [0, 0.05) is 31.6 Å². The topological polar surface area (TPSA) is 58.6 Å². The Kier molecular flexibility index (Phi) is 4.39. The van der Waals surface area contributed by atoms with E-state index in [9.17, 15) is 9.59 Å². The summed E-state index contributed by atoms with van der Waals surface area (Å²) in [5.41, 5.74) is 0.623. The van der Waals surface area contributed by atoms with Gasteiger partial charge in [-0.3, -0.25) is 9.59 Å². The number of benzene rings is 1. The van der Waals surface area contributed by atoms with E-state index in [2.05, 4.69) is 5.32 Å². The molecule has 1 aromatic carbocycles. The monoisotopic (exact) mass is 262 g/mol. The molecule has 5 heteroatoms. The molecule has 1 N–H and O–H groups in total. The number of carbonyl (C=O) groups is 2. The Hall–Kier alpha value is -2.04. The van der Waals surface area contributed by atoms with Crippen LogP contribution in [-0.4, -0.2) is 43.0 Å². The van der Waals surface area contributed by atoms with Gasteiger partial charge in [-0.25, -0.2) is 0 Å². The van der Waals surface area contributed by atoms with Crippen molar-refractivity contribution in [2.45, 2.75) is 13.3 Å². The number of rotatable bonds is 3. The summed E-state index contributed by atoms with van der Waals surface area (Å²) >= 11 is 0. The number of nitrogens with zero attached hydrogens (tertiary/aromatic N) is 1. The fourth-order valence-electron chi connectivity index (χ4n) is 2.01. The van der Waals surface area contributed by atoms with Gasteiger partial charge in [-0.1, -0.05) is 0 Å². The molecule has 0 unspecified atom stereocenters. The number of nitrogens with one attached hydrogen (secondary N) is 1. The van der Waals surface area contributed by atoms with Gasteiger partial charge in [-0.2, -0.15) is 0 Å². The SMILES string of the molecule is CCOc1ccc(C(=O)N2CCNC(=O)CC2)cc1. The molecule has 0 bridgehead atoms. The van der Waals surface area contributed by atoms with Crippen molar-refractivity contribution in [1.29, 1.82) is 0 Å². The molecule has 2 amide bonds. The van der Waals surface area contributed by atoms with Crippen LogP contribution >= 0.6 is 0 Å². The average molecular weight is 262 g/mol. The second kappa shape index (κ2) is 6.22. The molecule has 1 fully saturated rings. The molecule has 102 valence electrons. The van der Waals surface area contributed by atoms with Crippen LogP contribution in [0.1, 0.15) is 23.7 Å². The molecule has 1 heterocycles. The average Bonchev–Trinajstić information content (AvgIpc) is 2.64. The van der Waals surface area contributed by atoms with Crippen molar-refractivity contribution < 1.29 is 14.3 Å². The number of hydrogen-bond donors (Lipinski definition) is 1. The number of hydrogen-bond acceptors (Lipinski definition) is 3. The minimum Gasteiger partial charge on any atom is -0.494 e. The molecule has 5 nitrogen and oxygen atoms in total. The molecular weight excluding hydrogens is 244 g/mol. The quantitative estimate of drug-likeness (QED) is 0.885. The maximum absolute atomic E-state index is 12.3. The second-order valence-corrected chi connectivity index (χ2v) is 4.35. The van der Waals surface area contributed by atoms with Crippen LogP contribution in [0.5, 0.6) is 5.75 Å². The van der Waals surface area contributed by atoms with E-state index in [1.165, 1.54) is 0 Å². The van der Waals surface area contributed by atoms with Crippen LogP contribution in [0.25, 0.3) is 0 Å². The first-order chi connectivity index (χ1) is 9.20. The zero-order chi connectivity index (χ0) is 13.7. The summed E-state index contributed by atoms with van der Waals surface area (Å²) in [4.78, 5) is 25.2. The zero-order valence-electron chi connectivity index (χ0n) is 11.0. The molecule has 0 aliphatic carbocycles. The lowest BCUT2D eigenvalue weighted by Gasteiger charge is -2.19. The molecule has 0 spiro atoms. The minimum atomic E-state index is -0.0421. The van der Waals surface area contributed by atoms with Crippen LogP contribution in [0.4, 0.5) is 0 Å². The van der Waals surface area contributed by atoms with Crippen molar-refractivity contribution in [3.63, 3.8) is 0 Å². The maximum atomic E-state index is 12.3. The Morgan fingerprint density at radius 3 is 2.74 bits per heavy atom. The Morgan fingerprint density at radius 1 is 1.32 bits per heavy atom. The lowest BCUT2D eigenvalue weighted by Crippen LogP contribution is -2.34. The van der Waals surface area contributed by atoms with Crippen molar-refractivity contribution in [3.05, 3.63) is 29.8 Å². The lowest BCUT2D eigenvalue weighted by molar-refractivity contribution is -0.120. The summed E-state index contributed by atoms with van der Waals surface area (Å²) in [7, 11) is 0. The molecule has 1 aliphatic heterocycles. The highest BCUT2D eigenvalue weighted by Crippen LogP contribution is 2.14. The van der Waals surface area contributed by atoms with Gasteiger partial charge < -0.3 is 15.0 Å². The van der Waals surface area contributed by atoms with Crippen LogP contribution in [-0.2, 0) is 4.79 Å². The number of carbonyl (C=O) groups excluding carboxylic acids is 2. The van der Waals surface area contributed by atoms with Gasteiger partial charge in [0.05, 0.1) is 6.61 Å². The Labute approximate surface area is 112 Å². The van der Waals surface area contributed by atoms with E-state index >= 15 is 0 Å². The van der Waals surface area contributed by atoms with Crippen LogP contribution in [0, 0.1) is 0 Å². The van der Waals surface area contributed by atoms with Crippen LogP contribution in [0.2, 0.25) is 0 Å². The fraction of sp³-hybridized carbons (Fsp3) is 0.429. The van der Waals surface area contributed by atoms with Gasteiger partial charge in [0.1, 0.15) is 5.75 Å². The summed E-state index contributed by atoms with van der Waals surface area (Å²) < 4.78 is 5.34. The Morgan fingerprint density at radius 2 is 2.05 bits per heavy atom. The van der Waals surface area contributed by atoms with Crippen LogP contribution < -0.4 is 10.1 Å². The molecule has 0 radical (unpaired) electrons. The summed E-state index contributed by atoms with van der Waals surface area (Å²) in [6.45, 7) is 4.06. The van der Waals surface area contributed by atoms with E-state index in [4.69, 9.17) is 4.74 Å². The smallest absolute Gasteiger partial charge is 0.253 e. The first kappa shape index (κ1) is 13.4. The van der Waals surface area contributed by atoms with Crippen molar-refractivity contribution in [2.75, 3.05) is 26.2 Å². The van der Waals surface area contributed by atoms with Gasteiger partial charge in [-0.15, -0.1) is 0 Å². The molecule has 19 heavy (non-hydrogen) atoms. The third-order valence-corrected chi connectivity index (χ3v) is 3.01. The van der Waals surface area contributed by atoms with E-state index in [1.54, 1.807) is 29.2 Å². The van der Waals surface area contributed by atoms with Gasteiger partial charge in [0.15, 0.2) is 0 Å². The predicted octanol–water partition coefficient (Wildman–Crippen LogP) is 1.05. The van der Waals surface area contributed by atoms with Crippen molar-refractivity contribution in [2.24, 2.45) is 0 Å². The highest BCUT2D eigenvalue weighted by Gasteiger charge is 2.19. The third kappa shape index (κ3) is 3.47. The number of ether oxygens (including phenoxy) is 1. The standard InChI is InChI=1S/C14H18N2O3/c1-2-19-12-5-3-11(4-6-12)14(18)16-9-7-13(17)15-8-10-16/h3-6H,2,7-10H2,1H3,(H,15,17). The van der Waals surface area contributed by atoms with Crippen LogP contribution in [0.3, 0.4) is 0 Å². The summed E-state index contributed by atoms with van der Waals surface area (Å²) in [5.74, 6) is 0.716. The lowest BCUT2D eigenvalue weighted by atomic mass is 10.2. The first-order valence-corrected chi connectivity index (χ1v) is 6.49. The fourth-order valence-corrected chi connectivity index (χ4v) is 2.01. The van der Waals surface area contributed by atoms with E-state index in [0.717, 1.165) is 5.75 Å². The van der Waals surface area contributed by atoms with Crippen molar-refractivity contribution in [3.8, 4) is 5.75 Å². The van der Waals surface area contributed by atoms with Crippen molar-refractivity contribution in [1.82, 2.24) is 10.2 Å². The van der Waals surface area contributed by atoms with Crippen molar-refractivity contribution >= 4 is 11.8 Å². The molecule has 1 aromatic rings. The molecule has 1 saturated heterocycles. The maximum Gasteiger partial charge on any atom is 0.253 e.